The molecule has 2 rings (SSSR count). The van der Waals surface area contributed by atoms with Gasteiger partial charge in [0.15, 0.2) is 6.10 Å². The lowest BCUT2D eigenvalue weighted by Gasteiger charge is -2.12. The number of benzene rings is 1. The Labute approximate surface area is 127 Å². The van der Waals surface area contributed by atoms with E-state index in [-0.39, 0.29) is 6.54 Å². The van der Waals surface area contributed by atoms with Crippen LogP contribution < -0.4 is 5.32 Å². The number of aliphatic hydroxyl groups is 1. The van der Waals surface area contributed by atoms with Crippen LogP contribution >= 0.6 is 0 Å². The monoisotopic (exact) mass is 295 g/mol. The molecular formula is C15H13N5O2. The van der Waals surface area contributed by atoms with Crippen LogP contribution in [0.5, 0.6) is 0 Å². The molecule has 0 aliphatic rings. The molecule has 0 unspecified atom stereocenters. The number of rotatable bonds is 4. The molecule has 0 aliphatic heterocycles. The van der Waals surface area contributed by atoms with Crippen molar-refractivity contribution in [3.05, 3.63) is 47.3 Å². The Morgan fingerprint density at radius 2 is 2.23 bits per heavy atom. The van der Waals surface area contributed by atoms with Crippen LogP contribution in [0.2, 0.25) is 0 Å². The molecule has 0 radical (unpaired) electrons. The van der Waals surface area contributed by atoms with Crippen molar-refractivity contribution in [2.24, 2.45) is 0 Å². The first-order valence-corrected chi connectivity index (χ1v) is 6.45. The van der Waals surface area contributed by atoms with E-state index in [2.05, 4.69) is 10.4 Å². The van der Waals surface area contributed by atoms with Gasteiger partial charge in [-0.05, 0) is 30.7 Å². The van der Waals surface area contributed by atoms with Crippen LogP contribution in [0.3, 0.4) is 0 Å². The highest BCUT2D eigenvalue weighted by molar-refractivity contribution is 5.94. The second-order valence-corrected chi connectivity index (χ2v) is 4.71. The van der Waals surface area contributed by atoms with Gasteiger partial charge in [0.05, 0.1) is 29.9 Å². The highest BCUT2D eigenvalue weighted by Gasteiger charge is 2.16. The van der Waals surface area contributed by atoms with Crippen molar-refractivity contribution in [3.63, 3.8) is 0 Å². The summed E-state index contributed by atoms with van der Waals surface area (Å²) in [6.45, 7) is 1.71. The molecule has 22 heavy (non-hydrogen) atoms. The van der Waals surface area contributed by atoms with Gasteiger partial charge in [0.2, 0.25) is 0 Å². The Kier molecular flexibility index (Phi) is 4.52. The Morgan fingerprint density at radius 1 is 1.45 bits per heavy atom. The lowest BCUT2D eigenvalue weighted by atomic mass is 10.1. The van der Waals surface area contributed by atoms with Crippen molar-refractivity contribution in [1.29, 1.82) is 10.5 Å². The predicted molar refractivity (Wildman–Crippen MR) is 77.5 cm³/mol. The van der Waals surface area contributed by atoms with Crippen LogP contribution in [0.1, 0.15) is 16.7 Å². The quantitative estimate of drug-likeness (QED) is 0.870. The smallest absolute Gasteiger partial charge is 0.255 e. The lowest BCUT2D eigenvalue weighted by Crippen LogP contribution is -2.31. The third-order valence-corrected chi connectivity index (χ3v) is 3.04. The number of aliphatic hydroxyl groups excluding tert-OH is 1. The minimum absolute atomic E-state index is 0.0528. The maximum Gasteiger partial charge on any atom is 0.255 e. The second kappa shape index (κ2) is 6.53. The average Bonchev–Trinajstić information content (AvgIpc) is 2.95. The molecule has 7 heteroatoms. The highest BCUT2D eigenvalue weighted by atomic mass is 16.3. The van der Waals surface area contributed by atoms with E-state index in [1.807, 2.05) is 12.1 Å². The van der Waals surface area contributed by atoms with E-state index in [0.29, 0.717) is 16.8 Å². The van der Waals surface area contributed by atoms with Crippen molar-refractivity contribution >= 4 is 11.6 Å². The first-order chi connectivity index (χ1) is 10.5. The molecule has 110 valence electrons. The summed E-state index contributed by atoms with van der Waals surface area (Å²) in [5.41, 5.74) is 2.12. The topological polar surface area (TPSA) is 115 Å². The van der Waals surface area contributed by atoms with E-state index in [1.165, 1.54) is 17.1 Å². The van der Waals surface area contributed by atoms with Gasteiger partial charge in [-0.25, -0.2) is 0 Å². The molecule has 7 nitrogen and oxygen atoms in total. The van der Waals surface area contributed by atoms with Gasteiger partial charge >= 0.3 is 0 Å². The third kappa shape index (κ3) is 3.48. The molecule has 2 aromatic rings. The van der Waals surface area contributed by atoms with E-state index in [9.17, 15) is 9.90 Å². The second-order valence-electron chi connectivity index (χ2n) is 4.71. The average molecular weight is 295 g/mol. The van der Waals surface area contributed by atoms with E-state index < -0.39 is 12.0 Å². The summed E-state index contributed by atoms with van der Waals surface area (Å²) in [5.74, 6) is -0.585. The number of carbonyl (C=O) groups excluding carboxylic acids is 1. The Morgan fingerprint density at radius 3 is 2.82 bits per heavy atom. The molecule has 0 bridgehead atoms. The lowest BCUT2D eigenvalue weighted by molar-refractivity contribution is -0.124. The number of aryl methyl sites for hydroxylation is 1. The van der Waals surface area contributed by atoms with Gasteiger partial charge in [-0.15, -0.1) is 0 Å². The maximum absolute atomic E-state index is 11.9. The van der Waals surface area contributed by atoms with Gasteiger partial charge in [0, 0.05) is 11.9 Å². The molecular weight excluding hydrogens is 282 g/mol. The highest BCUT2D eigenvalue weighted by Crippen LogP contribution is 2.14. The molecule has 2 N–H and O–H groups in total. The van der Waals surface area contributed by atoms with E-state index in [1.54, 1.807) is 25.1 Å². The summed E-state index contributed by atoms with van der Waals surface area (Å²) >= 11 is 0. The van der Waals surface area contributed by atoms with Crippen LogP contribution in [0.25, 0.3) is 0 Å². The first-order valence-electron chi connectivity index (χ1n) is 6.45. The number of aromatic nitrogens is 2. The SMILES string of the molecule is Cc1cc(NC(=O)[C@@H](O)Cn2cc(C#N)cn2)ccc1C#N. The number of hydrogen-bond acceptors (Lipinski definition) is 5. The van der Waals surface area contributed by atoms with E-state index in [0.717, 1.165) is 5.56 Å². The third-order valence-electron chi connectivity index (χ3n) is 3.04. The molecule has 0 saturated heterocycles. The minimum atomic E-state index is -1.30. The fourth-order valence-corrected chi connectivity index (χ4v) is 1.87. The Hall–Kier alpha value is -3.16. The Balaban J connectivity index is 2.01. The number of nitrogens with one attached hydrogen (secondary N) is 1. The number of anilines is 1. The summed E-state index contributed by atoms with van der Waals surface area (Å²) in [6.07, 6.45) is 1.50. The van der Waals surface area contributed by atoms with Crippen molar-refractivity contribution < 1.29 is 9.90 Å². The van der Waals surface area contributed by atoms with Gasteiger partial charge in [0.25, 0.3) is 5.91 Å². The van der Waals surface area contributed by atoms with Gasteiger partial charge in [-0.1, -0.05) is 0 Å². The van der Waals surface area contributed by atoms with Crippen molar-refractivity contribution in [2.45, 2.75) is 19.6 Å². The summed E-state index contributed by atoms with van der Waals surface area (Å²) in [5, 5.41) is 33.9. The normalized spacial score (nSPS) is 11.3. The van der Waals surface area contributed by atoms with Crippen LogP contribution in [0.4, 0.5) is 5.69 Å². The molecule has 0 saturated carbocycles. The number of amides is 1. The number of nitrogens with zero attached hydrogens (tertiary/aromatic N) is 4. The number of nitriles is 2. The summed E-state index contributed by atoms with van der Waals surface area (Å²) in [6, 6.07) is 8.81. The zero-order valence-corrected chi connectivity index (χ0v) is 11.8. The maximum atomic E-state index is 11.9. The van der Waals surface area contributed by atoms with Gasteiger partial charge in [-0.3, -0.25) is 9.48 Å². The zero-order valence-electron chi connectivity index (χ0n) is 11.8. The molecule has 0 fully saturated rings. The first kappa shape index (κ1) is 15.2. The molecule has 0 spiro atoms. The molecule has 1 heterocycles. The van der Waals surface area contributed by atoms with Crippen LogP contribution in [0, 0.1) is 29.6 Å². The van der Waals surface area contributed by atoms with Crippen molar-refractivity contribution in [2.75, 3.05) is 5.32 Å². The largest absolute Gasteiger partial charge is 0.381 e. The summed E-state index contributed by atoms with van der Waals surface area (Å²) < 4.78 is 1.33. The number of hydrogen-bond donors (Lipinski definition) is 2. The van der Waals surface area contributed by atoms with Gasteiger partial charge in [-0.2, -0.15) is 15.6 Å². The molecule has 1 atom stereocenters. The zero-order chi connectivity index (χ0) is 16.1. The number of carbonyl (C=O) groups is 1. The fourth-order valence-electron chi connectivity index (χ4n) is 1.87. The van der Waals surface area contributed by atoms with Crippen LogP contribution in [-0.4, -0.2) is 26.9 Å². The fraction of sp³-hybridized carbons (Fsp3) is 0.200. The van der Waals surface area contributed by atoms with Crippen LogP contribution in [-0.2, 0) is 11.3 Å². The minimum Gasteiger partial charge on any atom is -0.381 e. The molecule has 1 aromatic heterocycles. The molecule has 1 amide bonds. The molecule has 0 aliphatic carbocycles. The van der Waals surface area contributed by atoms with E-state index in [4.69, 9.17) is 10.5 Å². The standard InChI is InChI=1S/C15H13N5O2/c1-10-4-13(3-2-12(10)6-17)19-15(22)14(21)9-20-8-11(5-16)7-18-20/h2-4,7-8,14,21H,9H2,1H3,(H,19,22)/t14-/m0/s1. The Bertz CT molecular complexity index is 782. The van der Waals surface area contributed by atoms with Crippen molar-refractivity contribution in [3.8, 4) is 12.1 Å². The van der Waals surface area contributed by atoms with Gasteiger partial charge < -0.3 is 10.4 Å². The van der Waals surface area contributed by atoms with Crippen molar-refractivity contribution in [1.82, 2.24) is 9.78 Å². The van der Waals surface area contributed by atoms with Gasteiger partial charge in [0.1, 0.15) is 6.07 Å². The van der Waals surface area contributed by atoms with E-state index >= 15 is 0 Å². The molecule has 1 aromatic carbocycles. The predicted octanol–water partition coefficient (Wildman–Crippen LogP) is 0.934. The van der Waals surface area contributed by atoms with Crippen LogP contribution in [0.15, 0.2) is 30.6 Å². The summed E-state index contributed by atoms with van der Waals surface area (Å²) in [7, 11) is 0. The summed E-state index contributed by atoms with van der Waals surface area (Å²) in [4.78, 5) is 11.9.